The topological polar surface area (TPSA) is 107 Å². The lowest BCUT2D eigenvalue weighted by Gasteiger charge is -2.29. The highest BCUT2D eigenvalue weighted by Gasteiger charge is 2.38. The van der Waals surface area contributed by atoms with E-state index in [-0.39, 0.29) is 0 Å². The van der Waals surface area contributed by atoms with Gasteiger partial charge in [-0.05, 0) is 31.2 Å². The van der Waals surface area contributed by atoms with Crippen molar-refractivity contribution in [2.45, 2.75) is 51.4 Å². The van der Waals surface area contributed by atoms with Gasteiger partial charge in [0.2, 0.25) is 5.95 Å². The summed E-state index contributed by atoms with van der Waals surface area (Å²) in [6.45, 7) is 4.10. The number of anilines is 1. The SMILES string of the molecule is O=C(O)C(F)(F)F.c1cnc(NCc2n[nH]c3c2CCN(CC2CCCC2)C3)nc1. The van der Waals surface area contributed by atoms with Gasteiger partial charge in [0.25, 0.3) is 0 Å². The first-order chi connectivity index (χ1) is 14.3. The molecule has 0 amide bonds. The maximum Gasteiger partial charge on any atom is 0.490 e. The van der Waals surface area contributed by atoms with E-state index in [0.717, 1.165) is 31.1 Å². The molecule has 2 aliphatic rings. The smallest absolute Gasteiger partial charge is 0.475 e. The second kappa shape index (κ2) is 9.88. The van der Waals surface area contributed by atoms with Gasteiger partial charge in [0, 0.05) is 37.6 Å². The van der Waals surface area contributed by atoms with Crippen LogP contribution in [0.4, 0.5) is 19.1 Å². The first-order valence-electron chi connectivity index (χ1n) is 9.91. The molecule has 2 aromatic rings. The van der Waals surface area contributed by atoms with Gasteiger partial charge in [-0.15, -0.1) is 0 Å². The molecule has 3 N–H and O–H groups in total. The van der Waals surface area contributed by atoms with Crippen molar-refractivity contribution in [3.63, 3.8) is 0 Å². The number of carboxylic acid groups (broad SMARTS) is 1. The molecule has 164 valence electrons. The number of nitrogens with one attached hydrogen (secondary N) is 2. The van der Waals surface area contributed by atoms with Gasteiger partial charge < -0.3 is 10.4 Å². The molecule has 0 aromatic carbocycles. The standard InChI is InChI=1S/C17H24N6.C2HF3O2/c1-2-5-13(4-1)11-23-9-6-14-15(21-22-16(14)12-23)10-20-17-18-7-3-8-19-17;3-2(4,5)1(6)7/h3,7-8,13H,1-2,4-6,9-12H2,(H,21,22)(H,18,19,20);(H,6,7). The van der Waals surface area contributed by atoms with E-state index in [4.69, 9.17) is 9.90 Å². The van der Waals surface area contributed by atoms with Crippen molar-refractivity contribution in [3.8, 4) is 0 Å². The lowest BCUT2D eigenvalue weighted by Crippen LogP contribution is -2.34. The Kier molecular flexibility index (Phi) is 7.24. The first-order valence-corrected chi connectivity index (χ1v) is 9.91. The van der Waals surface area contributed by atoms with Crippen LogP contribution in [0.5, 0.6) is 0 Å². The summed E-state index contributed by atoms with van der Waals surface area (Å²) in [5.41, 5.74) is 3.78. The maximum atomic E-state index is 10.6. The largest absolute Gasteiger partial charge is 0.490 e. The molecule has 3 heterocycles. The van der Waals surface area contributed by atoms with Crippen LogP contribution in [-0.4, -0.2) is 55.4 Å². The molecule has 0 unspecified atom stereocenters. The number of fused-ring (bicyclic) bond motifs is 1. The van der Waals surface area contributed by atoms with Gasteiger partial charge in [0.1, 0.15) is 0 Å². The predicted octanol–water partition coefficient (Wildman–Crippen LogP) is 2.99. The number of halogens is 3. The fraction of sp³-hybridized carbons (Fsp3) is 0.579. The van der Waals surface area contributed by atoms with Crippen molar-refractivity contribution in [3.05, 3.63) is 35.4 Å². The zero-order valence-corrected chi connectivity index (χ0v) is 16.5. The van der Waals surface area contributed by atoms with Crippen LogP contribution in [0.25, 0.3) is 0 Å². The van der Waals surface area contributed by atoms with Crippen LogP contribution < -0.4 is 5.32 Å². The van der Waals surface area contributed by atoms with Crippen LogP contribution in [0.3, 0.4) is 0 Å². The molecular formula is C19H25F3N6O2. The second-order valence-electron chi connectivity index (χ2n) is 7.49. The normalized spacial score (nSPS) is 17.2. The molecule has 0 bridgehead atoms. The zero-order valence-electron chi connectivity index (χ0n) is 16.5. The molecule has 1 saturated carbocycles. The molecule has 2 aromatic heterocycles. The molecule has 30 heavy (non-hydrogen) atoms. The van der Waals surface area contributed by atoms with Crippen molar-refractivity contribution >= 4 is 11.9 Å². The quantitative estimate of drug-likeness (QED) is 0.675. The van der Waals surface area contributed by atoms with Gasteiger partial charge in [-0.2, -0.15) is 18.3 Å². The monoisotopic (exact) mass is 426 g/mol. The van der Waals surface area contributed by atoms with Gasteiger partial charge in [0.15, 0.2) is 0 Å². The van der Waals surface area contributed by atoms with Gasteiger partial charge in [-0.1, -0.05) is 12.8 Å². The minimum atomic E-state index is -5.08. The Morgan fingerprint density at radius 3 is 2.57 bits per heavy atom. The van der Waals surface area contributed by atoms with Gasteiger partial charge >= 0.3 is 12.1 Å². The number of H-pyrrole nitrogens is 1. The molecule has 1 aliphatic carbocycles. The Morgan fingerprint density at radius 1 is 1.27 bits per heavy atom. The van der Waals surface area contributed by atoms with Crippen LogP contribution in [0.2, 0.25) is 0 Å². The molecule has 0 spiro atoms. The van der Waals surface area contributed by atoms with E-state index in [9.17, 15) is 13.2 Å². The third kappa shape index (κ3) is 6.15. The zero-order chi connectivity index (χ0) is 21.6. The van der Waals surface area contributed by atoms with E-state index in [1.165, 1.54) is 43.5 Å². The van der Waals surface area contributed by atoms with Gasteiger partial charge in [0.05, 0.1) is 17.9 Å². The van der Waals surface area contributed by atoms with Crippen LogP contribution in [-0.2, 0) is 24.3 Å². The number of aromatic amines is 1. The van der Waals surface area contributed by atoms with Crippen LogP contribution in [0, 0.1) is 5.92 Å². The summed E-state index contributed by atoms with van der Waals surface area (Å²) in [6.07, 6.45) is 5.17. The number of carbonyl (C=O) groups is 1. The molecule has 0 atom stereocenters. The average molecular weight is 426 g/mol. The second-order valence-corrected chi connectivity index (χ2v) is 7.49. The predicted molar refractivity (Wildman–Crippen MR) is 103 cm³/mol. The number of alkyl halides is 3. The van der Waals surface area contributed by atoms with Crippen LogP contribution in [0.15, 0.2) is 18.5 Å². The first kappa shape index (κ1) is 22.0. The highest BCUT2D eigenvalue weighted by molar-refractivity contribution is 5.73. The summed E-state index contributed by atoms with van der Waals surface area (Å²) >= 11 is 0. The Labute approximate surface area is 171 Å². The van der Waals surface area contributed by atoms with Crippen molar-refractivity contribution in [2.75, 3.05) is 18.4 Å². The van der Waals surface area contributed by atoms with Crippen molar-refractivity contribution in [1.82, 2.24) is 25.1 Å². The summed E-state index contributed by atoms with van der Waals surface area (Å²) in [7, 11) is 0. The number of hydrogen-bond donors (Lipinski definition) is 3. The molecule has 4 rings (SSSR count). The molecule has 1 fully saturated rings. The fourth-order valence-electron chi connectivity index (χ4n) is 3.86. The number of aromatic nitrogens is 4. The number of hydrogen-bond acceptors (Lipinski definition) is 6. The van der Waals surface area contributed by atoms with E-state index in [2.05, 4.69) is 30.4 Å². The van der Waals surface area contributed by atoms with Crippen molar-refractivity contribution in [1.29, 1.82) is 0 Å². The number of carboxylic acids is 1. The molecule has 0 saturated heterocycles. The van der Waals surface area contributed by atoms with E-state index in [1.54, 1.807) is 12.4 Å². The molecule has 11 heteroatoms. The van der Waals surface area contributed by atoms with E-state index < -0.39 is 12.1 Å². The third-order valence-electron chi connectivity index (χ3n) is 5.31. The Hall–Kier alpha value is -2.69. The van der Waals surface area contributed by atoms with Crippen molar-refractivity contribution < 1.29 is 23.1 Å². The summed E-state index contributed by atoms with van der Waals surface area (Å²) in [5, 5.41) is 18.1. The van der Waals surface area contributed by atoms with Crippen LogP contribution in [0.1, 0.15) is 42.6 Å². The van der Waals surface area contributed by atoms with E-state index in [0.29, 0.717) is 12.5 Å². The summed E-state index contributed by atoms with van der Waals surface area (Å²) < 4.78 is 31.7. The fourth-order valence-corrected chi connectivity index (χ4v) is 3.86. The number of aliphatic carboxylic acids is 1. The Balaban J connectivity index is 0.000000318. The molecule has 1 aliphatic heterocycles. The lowest BCUT2D eigenvalue weighted by molar-refractivity contribution is -0.192. The number of nitrogens with zero attached hydrogens (tertiary/aromatic N) is 4. The maximum absolute atomic E-state index is 10.6. The molecule has 0 radical (unpaired) electrons. The summed E-state index contributed by atoms with van der Waals surface area (Å²) in [6, 6.07) is 1.82. The third-order valence-corrected chi connectivity index (χ3v) is 5.31. The Bertz CT molecular complexity index is 821. The lowest BCUT2D eigenvalue weighted by atomic mass is 10.0. The van der Waals surface area contributed by atoms with E-state index in [1.807, 2.05) is 6.07 Å². The minimum absolute atomic E-state index is 0.655. The highest BCUT2D eigenvalue weighted by Crippen LogP contribution is 2.28. The summed E-state index contributed by atoms with van der Waals surface area (Å²) in [5.74, 6) is -1.19. The highest BCUT2D eigenvalue weighted by atomic mass is 19.4. The van der Waals surface area contributed by atoms with Crippen LogP contribution >= 0.6 is 0 Å². The minimum Gasteiger partial charge on any atom is -0.475 e. The van der Waals surface area contributed by atoms with E-state index >= 15 is 0 Å². The average Bonchev–Trinajstić information content (AvgIpc) is 3.36. The molecule has 8 nitrogen and oxygen atoms in total. The summed E-state index contributed by atoms with van der Waals surface area (Å²) in [4.78, 5) is 19.9. The number of rotatable bonds is 5. The Morgan fingerprint density at radius 2 is 1.93 bits per heavy atom. The van der Waals surface area contributed by atoms with Gasteiger partial charge in [-0.3, -0.25) is 10.00 Å². The molecular weight excluding hydrogens is 401 g/mol. The van der Waals surface area contributed by atoms with Gasteiger partial charge in [-0.25, -0.2) is 14.8 Å². The van der Waals surface area contributed by atoms with Crippen molar-refractivity contribution in [2.24, 2.45) is 5.92 Å².